The Labute approximate surface area is 75.7 Å². The lowest BCUT2D eigenvalue weighted by Gasteiger charge is -2.06. The van der Waals surface area contributed by atoms with Crippen LogP contribution in [0.25, 0.3) is 0 Å². The van der Waals surface area contributed by atoms with Crippen molar-refractivity contribution in [3.63, 3.8) is 0 Å². The summed E-state index contributed by atoms with van der Waals surface area (Å²) in [6, 6.07) is 6.49. The Kier molecular flexibility index (Phi) is 3.15. The molecule has 0 saturated heterocycles. The quantitative estimate of drug-likeness (QED) is 0.460. The van der Waals surface area contributed by atoms with E-state index in [2.05, 4.69) is 39.5 Å². The van der Waals surface area contributed by atoms with Gasteiger partial charge >= 0.3 is 0 Å². The average molecular weight is 158 g/mol. The summed E-state index contributed by atoms with van der Waals surface area (Å²) in [7, 11) is 2.16. The second-order valence-corrected chi connectivity index (χ2v) is 3.19. The first-order valence-electron chi connectivity index (χ1n) is 4.41. The molecule has 0 heterocycles. The number of benzene rings is 1. The Hall–Kier alpha value is -0.975. The number of allylic oxidation sites excluding steroid dienone is 1. The number of hydrogen-bond acceptors (Lipinski definition) is 0. The van der Waals surface area contributed by atoms with Crippen molar-refractivity contribution in [3.05, 3.63) is 42.0 Å². The predicted molar refractivity (Wildman–Crippen MR) is 57.9 cm³/mol. The third kappa shape index (κ3) is 2.01. The Bertz CT molecular complexity index is 276. The van der Waals surface area contributed by atoms with Crippen LogP contribution < -0.4 is 5.46 Å². The summed E-state index contributed by atoms with van der Waals surface area (Å²) in [6.45, 7) is 5.92. The van der Waals surface area contributed by atoms with Crippen LogP contribution in [0.3, 0.4) is 0 Å². The molecule has 0 atom stereocenters. The average Bonchev–Trinajstić information content (AvgIpc) is 2.08. The largest absolute Gasteiger partial charge is 0.139 e. The topological polar surface area (TPSA) is 0 Å². The van der Waals surface area contributed by atoms with Crippen molar-refractivity contribution in [1.29, 1.82) is 0 Å². The molecule has 0 aliphatic rings. The van der Waals surface area contributed by atoms with Gasteiger partial charge in [-0.25, -0.2) is 0 Å². The lowest BCUT2D eigenvalue weighted by atomic mass is 9.87. The van der Waals surface area contributed by atoms with E-state index in [1.807, 2.05) is 6.08 Å². The van der Waals surface area contributed by atoms with Gasteiger partial charge in [-0.3, -0.25) is 0 Å². The number of aryl methyl sites for hydroxylation is 1. The molecule has 0 aliphatic carbocycles. The van der Waals surface area contributed by atoms with Crippen LogP contribution in [0.1, 0.15) is 17.5 Å². The molecule has 1 rings (SSSR count). The highest BCUT2D eigenvalue weighted by Gasteiger charge is 1.97. The fourth-order valence-corrected chi connectivity index (χ4v) is 1.34. The van der Waals surface area contributed by atoms with Gasteiger partial charge in [0.1, 0.15) is 7.85 Å². The zero-order chi connectivity index (χ0) is 8.97. The summed E-state index contributed by atoms with van der Waals surface area (Å²) in [5.41, 5.74) is 4.27. The Morgan fingerprint density at radius 2 is 2.25 bits per heavy atom. The molecule has 1 aromatic rings. The summed E-state index contributed by atoms with van der Waals surface area (Å²) < 4.78 is 0. The van der Waals surface area contributed by atoms with Gasteiger partial charge in [0.05, 0.1) is 0 Å². The van der Waals surface area contributed by atoms with E-state index in [1.54, 1.807) is 0 Å². The van der Waals surface area contributed by atoms with Gasteiger partial charge in [0.25, 0.3) is 0 Å². The summed E-state index contributed by atoms with van der Waals surface area (Å²) in [5, 5.41) is 0. The van der Waals surface area contributed by atoms with Crippen LogP contribution in [-0.2, 0) is 6.42 Å². The second kappa shape index (κ2) is 4.15. The van der Waals surface area contributed by atoms with Crippen molar-refractivity contribution in [2.24, 2.45) is 0 Å². The maximum atomic E-state index is 3.73. The minimum Gasteiger partial charge on any atom is -0.103 e. The highest BCUT2D eigenvalue weighted by Crippen LogP contribution is 2.07. The zero-order valence-corrected chi connectivity index (χ0v) is 7.93. The van der Waals surface area contributed by atoms with Crippen molar-refractivity contribution in [2.75, 3.05) is 0 Å². The minimum absolute atomic E-state index is 1.07. The minimum atomic E-state index is 1.07. The van der Waals surface area contributed by atoms with Crippen molar-refractivity contribution in [1.82, 2.24) is 0 Å². The number of rotatable bonds is 3. The Morgan fingerprint density at radius 3 is 2.92 bits per heavy atom. The summed E-state index contributed by atoms with van der Waals surface area (Å²) >= 11 is 0. The van der Waals surface area contributed by atoms with Gasteiger partial charge < -0.3 is 0 Å². The molecule has 0 amide bonds. The summed E-state index contributed by atoms with van der Waals surface area (Å²) in [5.74, 6) is 0. The van der Waals surface area contributed by atoms with Gasteiger partial charge in [0.15, 0.2) is 0 Å². The van der Waals surface area contributed by atoms with Crippen molar-refractivity contribution in [2.45, 2.75) is 19.8 Å². The molecule has 62 valence electrons. The molecule has 0 unspecified atom stereocenters. The van der Waals surface area contributed by atoms with E-state index < -0.39 is 0 Å². The maximum Gasteiger partial charge on any atom is 0.139 e. The molecule has 0 N–H and O–H groups in total. The first kappa shape index (κ1) is 9.12. The molecule has 0 aromatic heterocycles. The van der Waals surface area contributed by atoms with Gasteiger partial charge in [-0.15, -0.1) is 6.58 Å². The molecule has 0 spiro atoms. The lowest BCUT2D eigenvalue weighted by Crippen LogP contribution is -2.09. The van der Waals surface area contributed by atoms with E-state index in [0.29, 0.717) is 0 Å². The molecule has 1 aromatic carbocycles. The molecule has 0 aliphatic heterocycles. The van der Waals surface area contributed by atoms with Gasteiger partial charge in [0, 0.05) is 0 Å². The smallest absolute Gasteiger partial charge is 0.103 e. The van der Waals surface area contributed by atoms with E-state index in [9.17, 15) is 0 Å². The van der Waals surface area contributed by atoms with Crippen molar-refractivity contribution < 1.29 is 0 Å². The first-order valence-corrected chi connectivity index (χ1v) is 4.41. The molecule has 1 heteroatoms. The monoisotopic (exact) mass is 158 g/mol. The maximum absolute atomic E-state index is 3.73. The Balaban J connectivity index is 2.84. The first-order chi connectivity index (χ1) is 5.75. The standard InChI is InChI=1S/C11H15B/c1-3-4-6-10-7-5-8-11(12)9(10)2/h3,5,7-8H,1,4,6,12H2,2H3. The van der Waals surface area contributed by atoms with E-state index >= 15 is 0 Å². The van der Waals surface area contributed by atoms with Crippen LogP contribution in [0.5, 0.6) is 0 Å². The molecule has 0 fully saturated rings. The molecule has 0 nitrogen and oxygen atoms in total. The van der Waals surface area contributed by atoms with Crippen LogP contribution >= 0.6 is 0 Å². The van der Waals surface area contributed by atoms with Gasteiger partial charge in [-0.1, -0.05) is 35.3 Å². The van der Waals surface area contributed by atoms with Crippen LogP contribution in [0.15, 0.2) is 30.9 Å². The van der Waals surface area contributed by atoms with Gasteiger partial charge in [-0.05, 0) is 25.3 Å². The molecular weight excluding hydrogens is 143 g/mol. The van der Waals surface area contributed by atoms with E-state index in [-0.39, 0.29) is 0 Å². The van der Waals surface area contributed by atoms with Crippen LogP contribution in [-0.4, -0.2) is 7.85 Å². The molecule has 0 bridgehead atoms. The SMILES string of the molecule is Bc1cccc(CCC=C)c1C. The van der Waals surface area contributed by atoms with E-state index in [4.69, 9.17) is 0 Å². The second-order valence-electron chi connectivity index (χ2n) is 3.19. The normalized spacial score (nSPS) is 9.75. The number of hydrogen-bond donors (Lipinski definition) is 0. The Morgan fingerprint density at radius 1 is 1.50 bits per heavy atom. The summed E-state index contributed by atoms with van der Waals surface area (Å²) in [6.07, 6.45) is 4.17. The fraction of sp³-hybridized carbons (Fsp3) is 0.273. The van der Waals surface area contributed by atoms with Crippen LogP contribution in [0.2, 0.25) is 0 Å². The lowest BCUT2D eigenvalue weighted by molar-refractivity contribution is 0.992. The molecular formula is C11H15B. The van der Waals surface area contributed by atoms with E-state index in [0.717, 1.165) is 12.8 Å². The van der Waals surface area contributed by atoms with Gasteiger partial charge in [0.2, 0.25) is 0 Å². The highest BCUT2D eigenvalue weighted by atomic mass is 14.0. The third-order valence-corrected chi connectivity index (χ3v) is 2.33. The summed E-state index contributed by atoms with van der Waals surface area (Å²) in [4.78, 5) is 0. The van der Waals surface area contributed by atoms with Crippen LogP contribution in [0.4, 0.5) is 0 Å². The molecule has 0 radical (unpaired) electrons. The highest BCUT2D eigenvalue weighted by molar-refractivity contribution is 6.33. The van der Waals surface area contributed by atoms with Crippen molar-refractivity contribution in [3.8, 4) is 0 Å². The van der Waals surface area contributed by atoms with E-state index in [1.165, 1.54) is 16.6 Å². The zero-order valence-electron chi connectivity index (χ0n) is 7.93. The van der Waals surface area contributed by atoms with Crippen molar-refractivity contribution >= 4 is 13.3 Å². The third-order valence-electron chi connectivity index (χ3n) is 2.33. The molecule has 0 saturated carbocycles. The van der Waals surface area contributed by atoms with Gasteiger partial charge in [-0.2, -0.15) is 0 Å². The predicted octanol–water partition coefficient (Wildman–Crippen LogP) is 1.37. The fourth-order valence-electron chi connectivity index (χ4n) is 1.34. The molecule has 12 heavy (non-hydrogen) atoms. The van der Waals surface area contributed by atoms with Crippen LogP contribution in [0, 0.1) is 6.92 Å².